The minimum atomic E-state index is -0.729. The molecule has 2 aromatic heterocycles. The minimum absolute atomic E-state index is 0.0841. The van der Waals surface area contributed by atoms with Crippen molar-refractivity contribution in [3.05, 3.63) is 64.6 Å². The summed E-state index contributed by atoms with van der Waals surface area (Å²) in [6, 6.07) is 12.3. The van der Waals surface area contributed by atoms with Crippen LogP contribution in [-0.4, -0.2) is 51.4 Å². The molecule has 3 rings (SSSR count). The molecule has 1 atom stereocenters. The van der Waals surface area contributed by atoms with E-state index in [1.165, 1.54) is 18.0 Å². The molecule has 2 heterocycles. The molecule has 3 aromatic rings. The molecule has 0 bridgehead atoms. The normalized spacial score (nSPS) is 11.9. The van der Waals surface area contributed by atoms with E-state index >= 15 is 0 Å². The minimum Gasteiger partial charge on any atom is -0.489 e. The van der Waals surface area contributed by atoms with Crippen molar-refractivity contribution in [3.63, 3.8) is 0 Å². The Morgan fingerprint density at radius 1 is 1.20 bits per heavy atom. The van der Waals surface area contributed by atoms with Crippen molar-refractivity contribution >= 4 is 11.5 Å². The van der Waals surface area contributed by atoms with Crippen LogP contribution in [0.15, 0.2) is 53.5 Å². The molecule has 0 radical (unpaired) electrons. The summed E-state index contributed by atoms with van der Waals surface area (Å²) in [5.74, 6) is 0.931. The lowest BCUT2D eigenvalue weighted by Gasteiger charge is -2.13. The maximum atomic E-state index is 12.5. The van der Waals surface area contributed by atoms with E-state index in [0.717, 1.165) is 5.56 Å². The Bertz CT molecular complexity index is 1040. The fourth-order valence-electron chi connectivity index (χ4n) is 2.85. The van der Waals surface area contributed by atoms with E-state index in [2.05, 4.69) is 15.4 Å². The number of hydrogen-bond donors (Lipinski definition) is 3. The van der Waals surface area contributed by atoms with Gasteiger partial charge in [0.2, 0.25) is 0 Å². The number of aryl methyl sites for hydroxylation is 1. The molecule has 0 saturated heterocycles. The highest BCUT2D eigenvalue weighted by atomic mass is 16.5. The lowest BCUT2D eigenvalue weighted by Crippen LogP contribution is -2.23. The van der Waals surface area contributed by atoms with E-state index < -0.39 is 6.10 Å². The molecule has 0 amide bonds. The second kappa shape index (κ2) is 9.97. The summed E-state index contributed by atoms with van der Waals surface area (Å²) >= 11 is 0. The Morgan fingerprint density at radius 2 is 2.00 bits per heavy atom. The van der Waals surface area contributed by atoms with Crippen molar-refractivity contribution in [1.29, 1.82) is 0 Å². The second-order valence-electron chi connectivity index (χ2n) is 6.61. The van der Waals surface area contributed by atoms with Crippen molar-refractivity contribution in [2.45, 2.75) is 12.7 Å². The first-order valence-electron chi connectivity index (χ1n) is 9.32. The Labute approximate surface area is 173 Å². The fourth-order valence-corrected chi connectivity index (χ4v) is 2.85. The molecule has 3 N–H and O–H groups in total. The lowest BCUT2D eigenvalue weighted by molar-refractivity contribution is 0.0325. The highest BCUT2D eigenvalue weighted by Crippen LogP contribution is 2.24. The van der Waals surface area contributed by atoms with Gasteiger partial charge >= 0.3 is 0 Å². The summed E-state index contributed by atoms with van der Waals surface area (Å²) in [6.45, 7) is 0.131. The highest BCUT2D eigenvalue weighted by molar-refractivity contribution is 5.68. The van der Waals surface area contributed by atoms with Crippen LogP contribution in [0.2, 0.25) is 0 Å². The molecule has 158 valence electrons. The summed E-state index contributed by atoms with van der Waals surface area (Å²) in [7, 11) is 3.07. The third-order valence-corrected chi connectivity index (χ3v) is 4.33. The average Bonchev–Trinajstić information content (AvgIpc) is 2.76. The van der Waals surface area contributed by atoms with Crippen LogP contribution in [-0.2, 0) is 18.4 Å². The molecule has 0 spiro atoms. The van der Waals surface area contributed by atoms with Gasteiger partial charge in [-0.05, 0) is 23.8 Å². The van der Waals surface area contributed by atoms with Crippen LogP contribution in [0.1, 0.15) is 5.56 Å². The van der Waals surface area contributed by atoms with Crippen molar-refractivity contribution in [3.8, 4) is 17.0 Å². The fraction of sp³-hybridized carbons (Fsp3) is 0.286. The number of rotatable bonds is 9. The number of anilines is 2. The molecular formula is C21H24N4O5. The molecule has 0 aliphatic heterocycles. The summed E-state index contributed by atoms with van der Waals surface area (Å²) < 4.78 is 11.5. The monoisotopic (exact) mass is 412 g/mol. The number of methoxy groups -OCH3 is 1. The highest BCUT2D eigenvalue weighted by Gasteiger charge is 2.12. The molecule has 0 unspecified atom stereocenters. The maximum absolute atomic E-state index is 12.5. The van der Waals surface area contributed by atoms with Crippen molar-refractivity contribution in [2.24, 2.45) is 7.05 Å². The molecule has 9 nitrogen and oxygen atoms in total. The van der Waals surface area contributed by atoms with Crippen LogP contribution >= 0.6 is 0 Å². The van der Waals surface area contributed by atoms with E-state index in [1.54, 1.807) is 31.3 Å². The number of hydrogen-bond acceptors (Lipinski definition) is 8. The molecule has 0 aliphatic rings. The zero-order chi connectivity index (χ0) is 21.5. The summed E-state index contributed by atoms with van der Waals surface area (Å²) in [5.41, 5.74) is 1.99. The van der Waals surface area contributed by atoms with E-state index in [4.69, 9.17) is 9.47 Å². The summed E-state index contributed by atoms with van der Waals surface area (Å²) in [5, 5.41) is 26.5. The van der Waals surface area contributed by atoms with Crippen molar-refractivity contribution in [1.82, 2.24) is 14.8 Å². The van der Waals surface area contributed by atoms with Gasteiger partial charge in [0.1, 0.15) is 30.0 Å². The van der Waals surface area contributed by atoms with E-state index in [1.807, 2.05) is 18.2 Å². The summed E-state index contributed by atoms with van der Waals surface area (Å²) in [6.07, 6.45) is 0.767. The molecular weight excluding hydrogens is 388 g/mol. The number of nitrogens with zero attached hydrogens (tertiary/aromatic N) is 3. The van der Waals surface area contributed by atoms with Gasteiger partial charge in [0.15, 0.2) is 0 Å². The molecule has 1 aromatic carbocycles. The molecule has 30 heavy (non-hydrogen) atoms. The van der Waals surface area contributed by atoms with Gasteiger partial charge in [0, 0.05) is 19.7 Å². The second-order valence-corrected chi connectivity index (χ2v) is 6.61. The van der Waals surface area contributed by atoms with E-state index in [9.17, 15) is 15.0 Å². The van der Waals surface area contributed by atoms with Crippen molar-refractivity contribution < 1.29 is 19.7 Å². The SMILES string of the molecule is COC[C@@H](O)COc1ccc(Nc2cc(-c3ccccc3CO)nn(C)c2=O)nc1. The first-order chi connectivity index (χ1) is 14.5. The number of aromatic nitrogens is 3. The number of aliphatic hydroxyl groups is 2. The first-order valence-corrected chi connectivity index (χ1v) is 9.32. The largest absolute Gasteiger partial charge is 0.489 e. The zero-order valence-electron chi connectivity index (χ0n) is 16.8. The van der Waals surface area contributed by atoms with Gasteiger partial charge in [-0.25, -0.2) is 9.67 Å². The van der Waals surface area contributed by atoms with E-state index in [0.29, 0.717) is 28.5 Å². The van der Waals surface area contributed by atoms with Gasteiger partial charge in [0.25, 0.3) is 5.56 Å². The van der Waals surface area contributed by atoms with Crippen LogP contribution in [0.3, 0.4) is 0 Å². The lowest BCUT2D eigenvalue weighted by atomic mass is 10.0. The quantitative estimate of drug-likeness (QED) is 0.483. The Balaban J connectivity index is 1.80. The topological polar surface area (TPSA) is 119 Å². The predicted molar refractivity (Wildman–Crippen MR) is 112 cm³/mol. The third-order valence-electron chi connectivity index (χ3n) is 4.33. The van der Waals surface area contributed by atoms with Crippen LogP contribution in [0, 0.1) is 0 Å². The number of nitrogens with one attached hydrogen (secondary N) is 1. The number of benzene rings is 1. The number of ether oxygens (including phenoxy) is 2. The Morgan fingerprint density at radius 3 is 2.70 bits per heavy atom. The van der Waals surface area contributed by atoms with Crippen molar-refractivity contribution in [2.75, 3.05) is 25.6 Å². The third kappa shape index (κ3) is 5.20. The van der Waals surface area contributed by atoms with Crippen LogP contribution in [0.25, 0.3) is 11.3 Å². The van der Waals surface area contributed by atoms with Gasteiger partial charge < -0.3 is 25.0 Å². The van der Waals surface area contributed by atoms with Gasteiger partial charge in [-0.2, -0.15) is 5.10 Å². The molecule has 0 aliphatic carbocycles. The van der Waals surface area contributed by atoms with Crippen LogP contribution < -0.4 is 15.6 Å². The molecule has 0 saturated carbocycles. The number of aliphatic hydroxyl groups excluding tert-OH is 2. The van der Waals surface area contributed by atoms with Crippen LogP contribution in [0.4, 0.5) is 11.5 Å². The van der Waals surface area contributed by atoms with Gasteiger partial charge in [-0.3, -0.25) is 4.79 Å². The smallest absolute Gasteiger partial charge is 0.290 e. The van der Waals surface area contributed by atoms with E-state index in [-0.39, 0.29) is 25.4 Å². The van der Waals surface area contributed by atoms with Gasteiger partial charge in [-0.15, -0.1) is 0 Å². The predicted octanol–water partition coefficient (Wildman–Crippen LogP) is 1.46. The van der Waals surface area contributed by atoms with Crippen LogP contribution in [0.5, 0.6) is 5.75 Å². The van der Waals surface area contributed by atoms with Gasteiger partial charge in [-0.1, -0.05) is 24.3 Å². The zero-order valence-corrected chi connectivity index (χ0v) is 16.8. The average molecular weight is 412 g/mol. The van der Waals surface area contributed by atoms with Gasteiger partial charge in [0.05, 0.1) is 25.1 Å². The summed E-state index contributed by atoms with van der Waals surface area (Å²) in [4.78, 5) is 16.8. The molecule has 9 heteroatoms. The number of pyridine rings is 1. The first kappa shape index (κ1) is 21.4. The Kier molecular flexibility index (Phi) is 7.12. The standard InChI is InChI=1S/C21H24N4O5/c1-25-21(28)19(9-18(24-25)17-6-4-3-5-14(17)11-26)23-20-8-7-16(10-22-20)30-13-15(27)12-29-2/h3-10,15,26-27H,11-13H2,1-2H3,(H,22,23)/t15-/m1/s1. The molecule has 0 fully saturated rings. The Hall–Kier alpha value is -3.27. The maximum Gasteiger partial charge on any atom is 0.290 e.